The van der Waals surface area contributed by atoms with Crippen LogP contribution in [-0.2, 0) is 0 Å². The predicted octanol–water partition coefficient (Wildman–Crippen LogP) is 3.95. The second-order valence-corrected chi connectivity index (χ2v) is 6.12. The Morgan fingerprint density at radius 1 is 1.23 bits per heavy atom. The first kappa shape index (κ1) is 16.9. The number of carbonyl (C=O) groups excluding carboxylic acids is 1. The van der Waals surface area contributed by atoms with Crippen molar-refractivity contribution in [3.05, 3.63) is 52.1 Å². The molecule has 0 radical (unpaired) electrons. The van der Waals surface area contributed by atoms with E-state index in [2.05, 4.69) is 15.6 Å². The lowest BCUT2D eigenvalue weighted by Gasteiger charge is -2.09. The number of hydrogen-bond acceptors (Lipinski definition) is 4. The van der Waals surface area contributed by atoms with Crippen LogP contribution in [0.2, 0.25) is 10.0 Å². The first-order valence-electron chi connectivity index (χ1n) is 6.57. The van der Waals surface area contributed by atoms with Gasteiger partial charge in [-0.1, -0.05) is 23.2 Å². The fourth-order valence-electron chi connectivity index (χ4n) is 1.75. The minimum Gasteiger partial charge on any atom is -0.367 e. The number of anilines is 1. The minimum absolute atomic E-state index is 0.107. The third-order valence-electron chi connectivity index (χ3n) is 2.86. The van der Waals surface area contributed by atoms with Crippen LogP contribution in [0.1, 0.15) is 10.4 Å². The smallest absolute Gasteiger partial charge is 0.251 e. The van der Waals surface area contributed by atoms with Gasteiger partial charge in [-0.25, -0.2) is 4.98 Å². The van der Waals surface area contributed by atoms with E-state index >= 15 is 0 Å². The van der Waals surface area contributed by atoms with Crippen molar-refractivity contribution in [1.29, 1.82) is 0 Å². The summed E-state index contributed by atoms with van der Waals surface area (Å²) in [6.45, 7) is 0.979. The molecule has 0 saturated heterocycles. The minimum atomic E-state index is -0.107. The largest absolute Gasteiger partial charge is 0.367 e. The summed E-state index contributed by atoms with van der Waals surface area (Å²) in [5, 5.41) is 6.81. The van der Waals surface area contributed by atoms with Gasteiger partial charge in [0, 0.05) is 29.7 Å². The van der Waals surface area contributed by atoms with Gasteiger partial charge in [0.25, 0.3) is 5.91 Å². The van der Waals surface area contributed by atoms with Crippen LogP contribution < -0.4 is 10.6 Å². The molecule has 22 heavy (non-hydrogen) atoms. The van der Waals surface area contributed by atoms with Crippen LogP contribution in [0, 0.1) is 0 Å². The van der Waals surface area contributed by atoms with Crippen LogP contribution in [0.5, 0.6) is 0 Å². The van der Waals surface area contributed by atoms with E-state index in [0.717, 1.165) is 4.90 Å². The van der Waals surface area contributed by atoms with Crippen LogP contribution in [0.25, 0.3) is 0 Å². The van der Waals surface area contributed by atoms with E-state index < -0.39 is 0 Å². The second kappa shape index (κ2) is 8.27. The molecular weight excluding hydrogens is 341 g/mol. The Balaban J connectivity index is 1.79. The van der Waals surface area contributed by atoms with Gasteiger partial charge in [0.1, 0.15) is 5.82 Å². The fourth-order valence-corrected chi connectivity index (χ4v) is 2.60. The van der Waals surface area contributed by atoms with Crippen molar-refractivity contribution >= 4 is 46.7 Å². The van der Waals surface area contributed by atoms with Crippen molar-refractivity contribution in [2.75, 3.05) is 24.7 Å². The quantitative estimate of drug-likeness (QED) is 0.608. The van der Waals surface area contributed by atoms with Gasteiger partial charge >= 0.3 is 0 Å². The zero-order valence-electron chi connectivity index (χ0n) is 11.9. The molecule has 116 valence electrons. The third-order valence-corrected chi connectivity index (χ3v) is 4.10. The molecule has 1 heterocycles. The van der Waals surface area contributed by atoms with Crippen molar-refractivity contribution in [2.24, 2.45) is 0 Å². The molecular formula is C15H15Cl2N3OS. The van der Waals surface area contributed by atoms with E-state index in [4.69, 9.17) is 23.2 Å². The van der Waals surface area contributed by atoms with Gasteiger partial charge in [-0.2, -0.15) is 0 Å². The molecule has 1 amide bonds. The van der Waals surface area contributed by atoms with Crippen LogP contribution in [0.3, 0.4) is 0 Å². The molecule has 0 saturated carbocycles. The number of carbonyl (C=O) groups is 1. The molecule has 2 N–H and O–H groups in total. The number of halogens is 2. The highest BCUT2D eigenvalue weighted by atomic mass is 35.5. The highest BCUT2D eigenvalue weighted by Crippen LogP contribution is 2.22. The van der Waals surface area contributed by atoms with Crippen LogP contribution >= 0.6 is 35.0 Å². The molecule has 0 spiro atoms. The molecule has 0 aliphatic heterocycles. The summed E-state index contributed by atoms with van der Waals surface area (Å²) in [5.74, 6) is 0.439. The number of aromatic nitrogens is 1. The number of hydrogen-bond donors (Lipinski definition) is 2. The Kier molecular flexibility index (Phi) is 6.36. The van der Waals surface area contributed by atoms with Gasteiger partial charge in [0.15, 0.2) is 0 Å². The maximum absolute atomic E-state index is 12.0. The highest BCUT2D eigenvalue weighted by Gasteiger charge is 2.05. The van der Waals surface area contributed by atoms with Gasteiger partial charge < -0.3 is 10.6 Å². The zero-order chi connectivity index (χ0) is 15.9. The number of nitrogens with one attached hydrogen (secondary N) is 2. The lowest BCUT2D eigenvalue weighted by molar-refractivity contribution is 0.0955. The summed E-state index contributed by atoms with van der Waals surface area (Å²) in [7, 11) is 0. The number of thioether (sulfide) groups is 1. The van der Waals surface area contributed by atoms with Crippen LogP contribution in [-0.4, -0.2) is 30.2 Å². The van der Waals surface area contributed by atoms with E-state index in [1.54, 1.807) is 17.8 Å². The van der Waals surface area contributed by atoms with Crippen molar-refractivity contribution in [3.8, 4) is 0 Å². The van der Waals surface area contributed by atoms with Crippen molar-refractivity contribution in [2.45, 2.75) is 4.90 Å². The first-order valence-corrected chi connectivity index (χ1v) is 8.55. The molecule has 2 rings (SSSR count). The Labute approximate surface area is 143 Å². The van der Waals surface area contributed by atoms with Crippen LogP contribution in [0.4, 0.5) is 5.82 Å². The van der Waals surface area contributed by atoms with Gasteiger partial charge in [-0.15, -0.1) is 11.8 Å². The average Bonchev–Trinajstić information content (AvgIpc) is 2.53. The van der Waals surface area contributed by atoms with Crippen molar-refractivity contribution in [3.63, 3.8) is 0 Å². The van der Waals surface area contributed by atoms with E-state index in [0.29, 0.717) is 34.5 Å². The number of nitrogens with zero attached hydrogens (tertiary/aromatic N) is 1. The Morgan fingerprint density at radius 2 is 1.95 bits per heavy atom. The summed E-state index contributed by atoms with van der Waals surface area (Å²) in [5.41, 5.74) is 0.639. The lowest BCUT2D eigenvalue weighted by Crippen LogP contribution is -2.28. The Bertz CT molecular complexity index is 650. The number of benzene rings is 1. The molecule has 0 aliphatic carbocycles. The summed E-state index contributed by atoms with van der Waals surface area (Å²) in [4.78, 5) is 17.2. The summed E-state index contributed by atoms with van der Waals surface area (Å²) in [6, 6.07) is 9.09. The molecule has 1 aromatic heterocycles. The Morgan fingerprint density at radius 3 is 2.59 bits per heavy atom. The molecule has 4 nitrogen and oxygen atoms in total. The Hall–Kier alpha value is -1.43. The van der Waals surface area contributed by atoms with E-state index in [9.17, 15) is 4.79 Å². The molecule has 1 aromatic carbocycles. The molecule has 2 aromatic rings. The van der Waals surface area contributed by atoms with E-state index in [1.165, 1.54) is 6.20 Å². The molecule has 0 unspecified atom stereocenters. The summed E-state index contributed by atoms with van der Waals surface area (Å²) < 4.78 is 0. The monoisotopic (exact) mass is 355 g/mol. The van der Waals surface area contributed by atoms with Gasteiger partial charge in [-0.3, -0.25) is 4.79 Å². The summed E-state index contributed by atoms with van der Waals surface area (Å²) >= 11 is 13.4. The van der Waals surface area contributed by atoms with Crippen molar-refractivity contribution in [1.82, 2.24) is 10.3 Å². The molecule has 0 atom stereocenters. The molecule has 0 aliphatic rings. The maximum atomic E-state index is 12.0. The topological polar surface area (TPSA) is 54.0 Å². The average molecular weight is 356 g/mol. The number of pyridine rings is 1. The molecule has 0 fully saturated rings. The van der Waals surface area contributed by atoms with Gasteiger partial charge in [0.05, 0.1) is 10.0 Å². The van der Waals surface area contributed by atoms with E-state index in [1.807, 2.05) is 30.5 Å². The normalized spacial score (nSPS) is 10.3. The standard InChI is InChI=1S/C15H15Cl2N3OS/c1-22-12-4-2-10(3-5-12)15(21)19-7-6-18-14-13(17)8-11(16)9-20-14/h2-5,8-9H,6-7H2,1H3,(H,18,20)(H,19,21). The lowest BCUT2D eigenvalue weighted by atomic mass is 10.2. The number of rotatable bonds is 6. The fraction of sp³-hybridized carbons (Fsp3) is 0.200. The van der Waals surface area contributed by atoms with E-state index in [-0.39, 0.29) is 5.91 Å². The molecule has 7 heteroatoms. The number of amides is 1. The third kappa shape index (κ3) is 4.80. The van der Waals surface area contributed by atoms with Crippen LogP contribution in [0.15, 0.2) is 41.4 Å². The SMILES string of the molecule is CSc1ccc(C(=O)NCCNc2ncc(Cl)cc2Cl)cc1. The zero-order valence-corrected chi connectivity index (χ0v) is 14.2. The maximum Gasteiger partial charge on any atom is 0.251 e. The second-order valence-electron chi connectivity index (χ2n) is 4.40. The van der Waals surface area contributed by atoms with Gasteiger partial charge in [-0.05, 0) is 36.6 Å². The highest BCUT2D eigenvalue weighted by molar-refractivity contribution is 7.98. The summed E-state index contributed by atoms with van der Waals surface area (Å²) in [6.07, 6.45) is 3.51. The van der Waals surface area contributed by atoms with Crippen molar-refractivity contribution < 1.29 is 4.79 Å². The first-order chi connectivity index (χ1) is 10.6. The van der Waals surface area contributed by atoms with Gasteiger partial charge in [0.2, 0.25) is 0 Å². The molecule has 0 bridgehead atoms. The predicted molar refractivity (Wildman–Crippen MR) is 93.3 cm³/mol.